The average molecular weight is 194 g/mol. The Morgan fingerprint density at radius 3 is 2.85 bits per heavy atom. The summed E-state index contributed by atoms with van der Waals surface area (Å²) in [4.78, 5) is 2.83. The fourth-order valence-electron chi connectivity index (χ4n) is 1.23. The minimum atomic E-state index is -0.715. The van der Waals surface area contributed by atoms with E-state index < -0.39 is 5.90 Å². The van der Waals surface area contributed by atoms with Gasteiger partial charge in [0.05, 0.1) is 0 Å². The second-order valence-corrected chi connectivity index (χ2v) is 3.18. The summed E-state index contributed by atoms with van der Waals surface area (Å²) in [5, 5.41) is 19.1. The van der Waals surface area contributed by atoms with Crippen LogP contribution in [0.5, 0.6) is 0 Å². The molecule has 0 radical (unpaired) electrons. The summed E-state index contributed by atoms with van der Waals surface area (Å²) in [6, 6.07) is 6.89. The van der Waals surface area contributed by atoms with Gasteiger partial charge in [0.2, 0.25) is 0 Å². The summed E-state index contributed by atoms with van der Waals surface area (Å²) >= 11 is 5.76. The lowest BCUT2D eigenvalue weighted by molar-refractivity contribution is -0.214. The van der Waals surface area contributed by atoms with Crippen molar-refractivity contribution in [3.63, 3.8) is 0 Å². The molecule has 2 rings (SSSR count). The molecule has 0 atom stereocenters. The van der Waals surface area contributed by atoms with E-state index in [-0.39, 0.29) is 5.69 Å². The molecule has 1 aromatic heterocycles. The Kier molecular flexibility index (Phi) is 1.74. The third-order valence-corrected chi connectivity index (χ3v) is 2.06. The lowest BCUT2D eigenvalue weighted by Crippen LogP contribution is -2.16. The fraction of sp³-hybridized carbons (Fsp3) is 0. The molecule has 0 fully saturated rings. The molecule has 0 saturated heterocycles. The molecular formula is C9H6ClN2O-. The smallest absolute Gasteiger partial charge is 0.0493 e. The standard InChI is InChI=1S/C9H7ClN2O/c10-6-1-2-7-5(3-6)4-8(12-7)9(11)13/h1-4,12H,(H2,11,13)/p-1. The van der Waals surface area contributed by atoms with Crippen LogP contribution in [0.15, 0.2) is 24.3 Å². The number of hydrogen-bond acceptors (Lipinski definition) is 2. The minimum absolute atomic E-state index is 0.289. The number of rotatable bonds is 1. The Morgan fingerprint density at radius 2 is 2.15 bits per heavy atom. The van der Waals surface area contributed by atoms with Gasteiger partial charge in [0.25, 0.3) is 0 Å². The van der Waals surface area contributed by atoms with Gasteiger partial charge in [-0.05, 0) is 24.3 Å². The van der Waals surface area contributed by atoms with Crippen molar-refractivity contribution >= 4 is 28.4 Å². The fourth-order valence-corrected chi connectivity index (χ4v) is 1.41. The molecule has 3 nitrogen and oxygen atoms in total. The van der Waals surface area contributed by atoms with Crippen molar-refractivity contribution in [1.82, 2.24) is 4.98 Å². The number of aromatic amines is 1. The molecule has 0 aliphatic carbocycles. The highest BCUT2D eigenvalue weighted by atomic mass is 35.5. The molecule has 0 aliphatic rings. The molecule has 1 aromatic carbocycles. The molecule has 1 heterocycles. The van der Waals surface area contributed by atoms with E-state index in [1.54, 1.807) is 24.3 Å². The van der Waals surface area contributed by atoms with Gasteiger partial charge in [-0.15, -0.1) is 0 Å². The maximum absolute atomic E-state index is 10.7. The highest BCUT2D eigenvalue weighted by molar-refractivity contribution is 6.31. The normalized spacial score (nSPS) is 10.5. The predicted octanol–water partition coefficient (Wildman–Crippen LogP) is 1.51. The summed E-state index contributed by atoms with van der Waals surface area (Å²) < 4.78 is 0. The third kappa shape index (κ3) is 1.38. The van der Waals surface area contributed by atoms with E-state index in [0.29, 0.717) is 5.02 Å². The van der Waals surface area contributed by atoms with E-state index in [0.717, 1.165) is 10.9 Å². The SMILES string of the molecule is N=C([O-])c1cc2cc(Cl)ccc2[nH]1. The molecule has 66 valence electrons. The molecular weight excluding hydrogens is 188 g/mol. The van der Waals surface area contributed by atoms with Gasteiger partial charge in [-0.25, -0.2) is 0 Å². The first-order chi connectivity index (χ1) is 6.16. The number of benzene rings is 1. The van der Waals surface area contributed by atoms with Crippen molar-refractivity contribution in [2.45, 2.75) is 0 Å². The lowest BCUT2D eigenvalue weighted by atomic mass is 10.2. The summed E-state index contributed by atoms with van der Waals surface area (Å²) in [7, 11) is 0. The molecule has 13 heavy (non-hydrogen) atoms. The Labute approximate surface area is 79.5 Å². The number of nitrogens with one attached hydrogen (secondary N) is 2. The van der Waals surface area contributed by atoms with E-state index >= 15 is 0 Å². The van der Waals surface area contributed by atoms with Crippen LogP contribution in [-0.4, -0.2) is 10.9 Å². The number of fused-ring (bicyclic) bond motifs is 1. The van der Waals surface area contributed by atoms with Gasteiger partial charge in [0, 0.05) is 27.5 Å². The van der Waals surface area contributed by atoms with Crippen molar-refractivity contribution in [3.05, 3.63) is 35.0 Å². The maximum atomic E-state index is 10.7. The Bertz CT molecular complexity index is 475. The molecule has 0 amide bonds. The first kappa shape index (κ1) is 8.13. The van der Waals surface area contributed by atoms with E-state index in [2.05, 4.69) is 4.98 Å². The van der Waals surface area contributed by atoms with Crippen LogP contribution in [0.2, 0.25) is 5.02 Å². The third-order valence-electron chi connectivity index (χ3n) is 1.83. The highest BCUT2D eigenvalue weighted by Crippen LogP contribution is 2.19. The zero-order chi connectivity index (χ0) is 9.42. The van der Waals surface area contributed by atoms with Gasteiger partial charge in [-0.2, -0.15) is 0 Å². The molecule has 4 heteroatoms. The zero-order valence-electron chi connectivity index (χ0n) is 6.60. The van der Waals surface area contributed by atoms with Gasteiger partial charge in [0.15, 0.2) is 0 Å². The van der Waals surface area contributed by atoms with Crippen LogP contribution in [-0.2, 0) is 0 Å². The topological polar surface area (TPSA) is 62.7 Å². The Balaban J connectivity index is 2.68. The van der Waals surface area contributed by atoms with Gasteiger partial charge in [0.1, 0.15) is 0 Å². The summed E-state index contributed by atoms with van der Waals surface area (Å²) in [6.07, 6.45) is 0. The van der Waals surface area contributed by atoms with E-state index in [1.807, 2.05) is 0 Å². The predicted molar refractivity (Wildman–Crippen MR) is 50.1 cm³/mol. The minimum Gasteiger partial charge on any atom is -0.858 e. The quantitative estimate of drug-likeness (QED) is 0.523. The van der Waals surface area contributed by atoms with E-state index in [1.165, 1.54) is 0 Å². The molecule has 0 saturated carbocycles. The summed E-state index contributed by atoms with van der Waals surface area (Å²) in [5.41, 5.74) is 1.11. The molecule has 2 aromatic rings. The first-order valence-electron chi connectivity index (χ1n) is 3.71. The highest BCUT2D eigenvalue weighted by Gasteiger charge is 1.99. The zero-order valence-corrected chi connectivity index (χ0v) is 7.35. The monoisotopic (exact) mass is 193 g/mol. The molecule has 0 spiro atoms. The second kappa shape index (κ2) is 2.78. The number of H-pyrrole nitrogens is 1. The molecule has 2 N–H and O–H groups in total. The largest absolute Gasteiger partial charge is 0.858 e. The first-order valence-corrected chi connectivity index (χ1v) is 4.09. The second-order valence-electron chi connectivity index (χ2n) is 2.74. The summed E-state index contributed by atoms with van der Waals surface area (Å²) in [6.45, 7) is 0. The van der Waals surface area contributed by atoms with Crippen LogP contribution >= 0.6 is 11.6 Å². The van der Waals surface area contributed by atoms with Crippen LogP contribution in [0.3, 0.4) is 0 Å². The van der Waals surface area contributed by atoms with E-state index in [4.69, 9.17) is 17.0 Å². The van der Waals surface area contributed by atoms with Gasteiger partial charge >= 0.3 is 0 Å². The number of hydrogen-bond donors (Lipinski definition) is 2. The number of halogens is 1. The maximum Gasteiger partial charge on any atom is 0.0493 e. The van der Waals surface area contributed by atoms with Crippen LogP contribution < -0.4 is 5.11 Å². The average Bonchev–Trinajstić information content (AvgIpc) is 2.46. The molecule has 0 aliphatic heterocycles. The van der Waals surface area contributed by atoms with Gasteiger partial charge in [-0.3, -0.25) is 0 Å². The van der Waals surface area contributed by atoms with Crippen LogP contribution in [0.4, 0.5) is 0 Å². The Hall–Kier alpha value is -1.48. The van der Waals surface area contributed by atoms with Crippen molar-refractivity contribution in [1.29, 1.82) is 5.41 Å². The lowest BCUT2D eigenvalue weighted by Gasteiger charge is -2.01. The van der Waals surface area contributed by atoms with Gasteiger partial charge in [-0.1, -0.05) is 11.6 Å². The van der Waals surface area contributed by atoms with Crippen molar-refractivity contribution in [2.75, 3.05) is 0 Å². The number of aromatic nitrogens is 1. The van der Waals surface area contributed by atoms with Crippen molar-refractivity contribution in [2.24, 2.45) is 0 Å². The molecule has 0 unspecified atom stereocenters. The van der Waals surface area contributed by atoms with Crippen LogP contribution in [0.25, 0.3) is 10.9 Å². The van der Waals surface area contributed by atoms with Gasteiger partial charge < -0.3 is 15.5 Å². The van der Waals surface area contributed by atoms with Crippen molar-refractivity contribution < 1.29 is 5.11 Å². The van der Waals surface area contributed by atoms with Crippen LogP contribution in [0.1, 0.15) is 5.69 Å². The van der Waals surface area contributed by atoms with Crippen molar-refractivity contribution in [3.8, 4) is 0 Å². The molecule has 0 bridgehead atoms. The summed E-state index contributed by atoms with van der Waals surface area (Å²) in [5.74, 6) is -0.715. The van der Waals surface area contributed by atoms with E-state index in [9.17, 15) is 5.11 Å². The Morgan fingerprint density at radius 1 is 1.38 bits per heavy atom. The van der Waals surface area contributed by atoms with Crippen LogP contribution in [0, 0.1) is 5.41 Å².